The second kappa shape index (κ2) is 6.81. The Hall–Kier alpha value is -0.810. The monoisotopic (exact) mass is 259 g/mol. The first-order valence-corrected chi connectivity index (χ1v) is 5.74. The fourth-order valence-electron chi connectivity index (χ4n) is 1.60. The minimum absolute atomic E-state index is 0.228. The van der Waals surface area contributed by atoms with Crippen molar-refractivity contribution >= 4 is 11.6 Å². The van der Waals surface area contributed by atoms with Gasteiger partial charge in [-0.25, -0.2) is 0 Å². The van der Waals surface area contributed by atoms with Crippen LogP contribution in [0.5, 0.6) is 5.75 Å². The van der Waals surface area contributed by atoms with Gasteiger partial charge in [-0.2, -0.15) is 0 Å². The molecular weight excluding hydrogens is 242 g/mol. The van der Waals surface area contributed by atoms with Crippen LogP contribution in [0.15, 0.2) is 18.2 Å². The van der Waals surface area contributed by atoms with Gasteiger partial charge in [0.2, 0.25) is 0 Å². The molecule has 5 heteroatoms. The highest BCUT2D eigenvalue weighted by Gasteiger charge is 2.08. The fourth-order valence-corrected chi connectivity index (χ4v) is 1.88. The number of benzene rings is 1. The highest BCUT2D eigenvalue weighted by Crippen LogP contribution is 2.25. The molecule has 1 aromatic rings. The Morgan fingerprint density at radius 2 is 2.18 bits per heavy atom. The summed E-state index contributed by atoms with van der Waals surface area (Å²) in [5, 5.41) is 18.6. The maximum atomic E-state index is 9.31. The van der Waals surface area contributed by atoms with Crippen molar-refractivity contribution in [1.29, 1.82) is 0 Å². The Balaban J connectivity index is 2.59. The highest BCUT2D eigenvalue weighted by molar-refractivity contribution is 6.32. The number of hydrogen-bond donors (Lipinski definition) is 2. The molecule has 1 atom stereocenters. The predicted octanol–water partition coefficient (Wildman–Crippen LogP) is 1.13. The van der Waals surface area contributed by atoms with Gasteiger partial charge in [0.25, 0.3) is 0 Å². The molecule has 0 aliphatic carbocycles. The molecule has 0 spiro atoms. The molecule has 4 nitrogen and oxygen atoms in total. The van der Waals surface area contributed by atoms with Crippen molar-refractivity contribution in [2.24, 2.45) is 0 Å². The number of aliphatic hydroxyl groups is 2. The smallest absolute Gasteiger partial charge is 0.137 e. The average Bonchev–Trinajstić information content (AvgIpc) is 2.29. The molecule has 1 rings (SSSR count). The van der Waals surface area contributed by atoms with E-state index < -0.39 is 6.10 Å². The summed E-state index contributed by atoms with van der Waals surface area (Å²) < 4.78 is 5.07. The highest BCUT2D eigenvalue weighted by atomic mass is 35.5. The van der Waals surface area contributed by atoms with Crippen molar-refractivity contribution in [1.82, 2.24) is 4.90 Å². The molecular formula is C12H18ClNO3. The fraction of sp³-hybridized carbons (Fsp3) is 0.500. The Bertz CT molecular complexity index is 360. The quantitative estimate of drug-likeness (QED) is 0.804. The van der Waals surface area contributed by atoms with Crippen molar-refractivity contribution in [2.75, 3.05) is 27.3 Å². The van der Waals surface area contributed by atoms with Crippen LogP contribution in [0.4, 0.5) is 0 Å². The van der Waals surface area contributed by atoms with Crippen LogP contribution in [0.25, 0.3) is 0 Å². The number of nitrogens with zero attached hydrogens (tertiary/aromatic N) is 1. The van der Waals surface area contributed by atoms with Gasteiger partial charge < -0.3 is 14.9 Å². The van der Waals surface area contributed by atoms with E-state index in [1.807, 2.05) is 30.1 Å². The lowest BCUT2D eigenvalue weighted by atomic mass is 10.2. The lowest BCUT2D eigenvalue weighted by molar-refractivity contribution is 0.0648. The SMILES string of the molecule is COc1ccc(CN(C)CC(O)CO)cc1Cl. The van der Waals surface area contributed by atoms with Crippen LogP contribution in [0.2, 0.25) is 5.02 Å². The van der Waals surface area contributed by atoms with Gasteiger partial charge in [0.05, 0.1) is 24.8 Å². The number of hydrogen-bond acceptors (Lipinski definition) is 4. The van der Waals surface area contributed by atoms with Crippen LogP contribution < -0.4 is 4.74 Å². The molecule has 0 aromatic heterocycles. The number of halogens is 1. The summed E-state index contributed by atoms with van der Waals surface area (Å²) in [4.78, 5) is 1.92. The molecule has 0 amide bonds. The normalized spacial score (nSPS) is 12.8. The van der Waals surface area contributed by atoms with E-state index in [1.165, 1.54) is 0 Å². The summed E-state index contributed by atoms with van der Waals surface area (Å²) >= 11 is 6.01. The van der Waals surface area contributed by atoms with Gasteiger partial charge in [-0.05, 0) is 24.7 Å². The summed E-state index contributed by atoms with van der Waals surface area (Å²) in [6.07, 6.45) is -0.714. The molecule has 0 radical (unpaired) electrons. The van der Waals surface area contributed by atoms with Crippen molar-refractivity contribution in [3.63, 3.8) is 0 Å². The first-order chi connectivity index (χ1) is 8.06. The van der Waals surface area contributed by atoms with Crippen molar-refractivity contribution in [2.45, 2.75) is 12.6 Å². The van der Waals surface area contributed by atoms with E-state index in [0.29, 0.717) is 23.9 Å². The van der Waals surface area contributed by atoms with Gasteiger partial charge in [0, 0.05) is 13.1 Å². The minimum atomic E-state index is -0.714. The van der Waals surface area contributed by atoms with E-state index >= 15 is 0 Å². The molecule has 96 valence electrons. The van der Waals surface area contributed by atoms with Crippen LogP contribution in [-0.2, 0) is 6.54 Å². The summed E-state index contributed by atoms with van der Waals surface area (Å²) in [6, 6.07) is 5.57. The van der Waals surface area contributed by atoms with Gasteiger partial charge in [0.15, 0.2) is 0 Å². The van der Waals surface area contributed by atoms with Gasteiger partial charge in [-0.1, -0.05) is 17.7 Å². The zero-order valence-electron chi connectivity index (χ0n) is 10.1. The second-order valence-electron chi connectivity index (χ2n) is 4.00. The van der Waals surface area contributed by atoms with Crippen molar-refractivity contribution < 1.29 is 14.9 Å². The Labute approximate surface area is 106 Å². The molecule has 0 heterocycles. The average molecular weight is 260 g/mol. The van der Waals surface area contributed by atoms with Crippen molar-refractivity contribution in [3.8, 4) is 5.75 Å². The Kier molecular flexibility index (Phi) is 5.71. The summed E-state index contributed by atoms with van der Waals surface area (Å²) in [5.41, 5.74) is 1.03. The third kappa shape index (κ3) is 4.52. The maximum absolute atomic E-state index is 9.31. The van der Waals surface area contributed by atoms with E-state index in [0.717, 1.165) is 5.56 Å². The van der Waals surface area contributed by atoms with Crippen LogP contribution in [0.3, 0.4) is 0 Å². The molecule has 0 saturated carbocycles. The van der Waals surface area contributed by atoms with Gasteiger partial charge in [-0.3, -0.25) is 4.90 Å². The lowest BCUT2D eigenvalue weighted by Gasteiger charge is -2.19. The molecule has 1 aromatic carbocycles. The molecule has 0 fully saturated rings. The standard InChI is InChI=1S/C12H18ClNO3/c1-14(7-10(16)8-15)6-9-3-4-12(17-2)11(13)5-9/h3-5,10,15-16H,6-8H2,1-2H3. The molecule has 2 N–H and O–H groups in total. The molecule has 0 bridgehead atoms. The molecule has 0 saturated heterocycles. The number of likely N-dealkylation sites (N-methyl/N-ethyl adjacent to an activating group) is 1. The summed E-state index contributed by atoms with van der Waals surface area (Å²) in [5.74, 6) is 0.647. The lowest BCUT2D eigenvalue weighted by Crippen LogP contribution is -2.30. The first kappa shape index (κ1) is 14.3. The zero-order chi connectivity index (χ0) is 12.8. The van der Waals surface area contributed by atoms with E-state index in [2.05, 4.69) is 0 Å². The zero-order valence-corrected chi connectivity index (χ0v) is 10.8. The van der Waals surface area contributed by atoms with Gasteiger partial charge in [0.1, 0.15) is 5.75 Å². The number of aliphatic hydroxyl groups excluding tert-OH is 2. The topological polar surface area (TPSA) is 52.9 Å². The summed E-state index contributed by atoms with van der Waals surface area (Å²) in [6.45, 7) is 0.842. The Morgan fingerprint density at radius 3 is 2.71 bits per heavy atom. The third-order valence-corrected chi connectivity index (χ3v) is 2.70. The minimum Gasteiger partial charge on any atom is -0.495 e. The van der Waals surface area contributed by atoms with E-state index in [-0.39, 0.29) is 6.61 Å². The van der Waals surface area contributed by atoms with Crippen LogP contribution in [0, 0.1) is 0 Å². The predicted molar refractivity (Wildman–Crippen MR) is 67.4 cm³/mol. The van der Waals surface area contributed by atoms with Gasteiger partial charge >= 0.3 is 0 Å². The molecule has 1 unspecified atom stereocenters. The molecule has 0 aliphatic rings. The van der Waals surface area contributed by atoms with Crippen molar-refractivity contribution in [3.05, 3.63) is 28.8 Å². The summed E-state index contributed by atoms with van der Waals surface area (Å²) in [7, 11) is 3.45. The first-order valence-electron chi connectivity index (χ1n) is 5.36. The van der Waals surface area contributed by atoms with Gasteiger partial charge in [-0.15, -0.1) is 0 Å². The Morgan fingerprint density at radius 1 is 1.47 bits per heavy atom. The molecule has 17 heavy (non-hydrogen) atoms. The number of methoxy groups -OCH3 is 1. The van der Waals surface area contributed by atoms with Crippen LogP contribution >= 0.6 is 11.6 Å². The van der Waals surface area contributed by atoms with Crippen LogP contribution in [0.1, 0.15) is 5.56 Å². The third-order valence-electron chi connectivity index (χ3n) is 2.40. The number of ether oxygens (including phenoxy) is 1. The molecule has 0 aliphatic heterocycles. The maximum Gasteiger partial charge on any atom is 0.137 e. The van der Waals surface area contributed by atoms with Crippen LogP contribution in [-0.4, -0.2) is 48.5 Å². The largest absolute Gasteiger partial charge is 0.495 e. The second-order valence-corrected chi connectivity index (χ2v) is 4.41. The van der Waals surface area contributed by atoms with E-state index in [1.54, 1.807) is 7.11 Å². The number of rotatable bonds is 6. The van der Waals surface area contributed by atoms with E-state index in [4.69, 9.17) is 21.4 Å². The van der Waals surface area contributed by atoms with E-state index in [9.17, 15) is 5.11 Å².